The average Bonchev–Trinajstić information content (AvgIpc) is 2.48. The molecule has 0 fully saturated rings. The van der Waals surface area contributed by atoms with Gasteiger partial charge in [-0.05, 0) is 31.2 Å². The number of carbonyl (C=O) groups is 1. The molecule has 8 heteroatoms. The maximum Gasteiger partial charge on any atom is 0.242 e. The van der Waals surface area contributed by atoms with Gasteiger partial charge in [-0.15, -0.1) is 10.2 Å². The molecule has 0 spiro atoms. The number of phenolic OH excluding ortho intramolecular Hbond substituents is 1. The van der Waals surface area contributed by atoms with Crippen LogP contribution in [-0.4, -0.2) is 22.0 Å². The second kappa shape index (κ2) is 6.64. The Hall–Kier alpha value is -3.00. The fourth-order valence-corrected chi connectivity index (χ4v) is 1.52. The summed E-state index contributed by atoms with van der Waals surface area (Å²) in [6.45, 7) is 1.56. The van der Waals surface area contributed by atoms with Crippen molar-refractivity contribution >= 4 is 28.9 Å². The first-order chi connectivity index (χ1) is 10.5. The number of carbonyl (C=O) groups excluding carboxylic acids is 1. The monoisotopic (exact) mass is 300 g/mol. The number of nitrogen functional groups attached to an aromatic ring is 1. The second-order valence-corrected chi connectivity index (χ2v) is 4.57. The Bertz CT molecular complexity index is 714. The van der Waals surface area contributed by atoms with Crippen LogP contribution in [-0.2, 0) is 4.79 Å². The van der Waals surface area contributed by atoms with Crippen LogP contribution in [0.2, 0.25) is 0 Å². The lowest BCUT2D eigenvalue weighted by Gasteiger charge is -2.08. The minimum Gasteiger partial charge on any atom is -0.506 e. The Morgan fingerprint density at radius 3 is 2.55 bits per heavy atom. The van der Waals surface area contributed by atoms with Crippen molar-refractivity contribution in [3.05, 3.63) is 36.4 Å². The van der Waals surface area contributed by atoms with Crippen LogP contribution < -0.4 is 16.8 Å². The quantitative estimate of drug-likeness (QED) is 0.640. The predicted molar refractivity (Wildman–Crippen MR) is 83.2 cm³/mol. The summed E-state index contributed by atoms with van der Waals surface area (Å²) in [5.41, 5.74) is 11.9. The number of benzene rings is 1. The Morgan fingerprint density at radius 2 is 1.91 bits per heavy atom. The van der Waals surface area contributed by atoms with Crippen LogP contribution in [0.15, 0.2) is 46.6 Å². The van der Waals surface area contributed by atoms with Crippen molar-refractivity contribution in [3.63, 3.8) is 0 Å². The zero-order chi connectivity index (χ0) is 16.1. The van der Waals surface area contributed by atoms with Gasteiger partial charge < -0.3 is 21.9 Å². The van der Waals surface area contributed by atoms with Gasteiger partial charge in [0.1, 0.15) is 22.9 Å². The molecule has 1 amide bonds. The molecule has 0 saturated heterocycles. The third-order valence-corrected chi connectivity index (χ3v) is 2.71. The normalized spacial score (nSPS) is 12.3. The summed E-state index contributed by atoms with van der Waals surface area (Å²) in [7, 11) is 0. The van der Waals surface area contributed by atoms with Gasteiger partial charge in [-0.25, -0.2) is 4.98 Å². The Balaban J connectivity index is 2.17. The number of para-hydroxylation sites is 1. The molecular weight excluding hydrogens is 284 g/mol. The van der Waals surface area contributed by atoms with E-state index in [1.54, 1.807) is 31.2 Å². The largest absolute Gasteiger partial charge is 0.506 e. The third-order valence-electron chi connectivity index (χ3n) is 2.71. The first kappa shape index (κ1) is 15.4. The van der Waals surface area contributed by atoms with Crippen LogP contribution >= 0.6 is 0 Å². The molecule has 0 aliphatic rings. The lowest BCUT2D eigenvalue weighted by molar-refractivity contribution is -0.117. The highest BCUT2D eigenvalue weighted by Gasteiger charge is 2.09. The molecule has 0 bridgehead atoms. The fraction of sp³-hybridized carbons (Fsp3) is 0.143. The molecule has 8 nitrogen and oxygen atoms in total. The summed E-state index contributed by atoms with van der Waals surface area (Å²) < 4.78 is 0. The molecule has 2 rings (SSSR count). The van der Waals surface area contributed by atoms with E-state index >= 15 is 0 Å². The maximum atomic E-state index is 11.5. The average molecular weight is 300 g/mol. The number of hydrogen-bond donors (Lipinski definition) is 4. The second-order valence-electron chi connectivity index (χ2n) is 4.57. The van der Waals surface area contributed by atoms with Gasteiger partial charge in [-0.1, -0.05) is 12.1 Å². The lowest BCUT2D eigenvalue weighted by atomic mass is 10.3. The van der Waals surface area contributed by atoms with Crippen LogP contribution in [0.3, 0.4) is 0 Å². The number of nitrogens with two attached hydrogens (primary N) is 2. The number of phenols is 1. The molecule has 0 aliphatic carbocycles. The number of anilines is 2. The summed E-state index contributed by atoms with van der Waals surface area (Å²) in [4.78, 5) is 15.5. The van der Waals surface area contributed by atoms with Crippen molar-refractivity contribution in [1.29, 1.82) is 0 Å². The van der Waals surface area contributed by atoms with Gasteiger partial charge in [-0.2, -0.15) is 0 Å². The topological polar surface area (TPSA) is 139 Å². The Labute approximate surface area is 126 Å². The van der Waals surface area contributed by atoms with Crippen LogP contribution in [0.25, 0.3) is 0 Å². The summed E-state index contributed by atoms with van der Waals surface area (Å²) in [6, 6.07) is 8.96. The highest BCUT2D eigenvalue weighted by molar-refractivity contribution is 5.93. The molecular formula is C14H16N6O2. The standard InChI is InChI=1S/C14H16N6O2/c1-8(15)14(22)18-12-7-6-10(13(16)17-12)20-19-9-4-2-3-5-11(9)21/h2-8,21H,15H2,1H3,(H3,16,17,18,22)/b20-19+/t8-/m0/s1. The van der Waals surface area contributed by atoms with E-state index in [0.29, 0.717) is 11.4 Å². The molecule has 0 radical (unpaired) electrons. The molecule has 1 heterocycles. The van der Waals surface area contributed by atoms with Gasteiger partial charge in [0.15, 0.2) is 5.82 Å². The van der Waals surface area contributed by atoms with Gasteiger partial charge >= 0.3 is 0 Å². The van der Waals surface area contributed by atoms with Gasteiger partial charge in [-0.3, -0.25) is 4.79 Å². The van der Waals surface area contributed by atoms with Crippen LogP contribution in [0.1, 0.15) is 6.92 Å². The van der Waals surface area contributed by atoms with Crippen molar-refractivity contribution in [2.45, 2.75) is 13.0 Å². The number of rotatable bonds is 4. The van der Waals surface area contributed by atoms with Gasteiger partial charge in [0, 0.05) is 0 Å². The number of nitrogens with zero attached hydrogens (tertiary/aromatic N) is 3. The van der Waals surface area contributed by atoms with E-state index < -0.39 is 6.04 Å². The van der Waals surface area contributed by atoms with Gasteiger partial charge in [0.2, 0.25) is 5.91 Å². The predicted octanol–water partition coefficient (Wildman–Crippen LogP) is 2.07. The molecule has 1 atom stereocenters. The first-order valence-corrected chi connectivity index (χ1v) is 6.50. The molecule has 114 valence electrons. The summed E-state index contributed by atoms with van der Waals surface area (Å²) in [5, 5.41) is 20.0. The molecule has 1 aromatic carbocycles. The zero-order valence-corrected chi connectivity index (χ0v) is 11.9. The number of amides is 1. The molecule has 0 saturated carbocycles. The molecule has 1 aromatic heterocycles. The van der Waals surface area contributed by atoms with Gasteiger partial charge in [0.25, 0.3) is 0 Å². The number of hydrogen-bond acceptors (Lipinski definition) is 7. The van der Waals surface area contributed by atoms with E-state index in [2.05, 4.69) is 20.5 Å². The number of aromatic hydroxyl groups is 1. The van der Waals surface area contributed by atoms with E-state index in [4.69, 9.17) is 11.5 Å². The zero-order valence-electron chi connectivity index (χ0n) is 11.9. The number of pyridine rings is 1. The van der Waals surface area contributed by atoms with Crippen molar-refractivity contribution < 1.29 is 9.90 Å². The highest BCUT2D eigenvalue weighted by atomic mass is 16.3. The van der Waals surface area contributed by atoms with Crippen molar-refractivity contribution in [2.24, 2.45) is 16.0 Å². The molecule has 2 aromatic rings. The number of nitrogens with one attached hydrogen (secondary N) is 1. The molecule has 0 unspecified atom stereocenters. The smallest absolute Gasteiger partial charge is 0.242 e. The van der Waals surface area contributed by atoms with Crippen LogP contribution in [0.4, 0.5) is 23.0 Å². The maximum absolute atomic E-state index is 11.5. The van der Waals surface area contributed by atoms with E-state index in [9.17, 15) is 9.90 Å². The summed E-state index contributed by atoms with van der Waals surface area (Å²) >= 11 is 0. The fourth-order valence-electron chi connectivity index (χ4n) is 1.52. The van der Waals surface area contributed by atoms with Crippen molar-refractivity contribution in [2.75, 3.05) is 11.1 Å². The Kier molecular flexibility index (Phi) is 4.64. The highest BCUT2D eigenvalue weighted by Crippen LogP contribution is 2.29. The molecule has 6 N–H and O–H groups in total. The third kappa shape index (κ3) is 3.76. The lowest BCUT2D eigenvalue weighted by Crippen LogP contribution is -2.32. The van der Waals surface area contributed by atoms with Crippen molar-refractivity contribution in [3.8, 4) is 5.75 Å². The molecule has 0 aliphatic heterocycles. The molecule has 22 heavy (non-hydrogen) atoms. The number of azo groups is 1. The van der Waals surface area contributed by atoms with Crippen molar-refractivity contribution in [1.82, 2.24) is 4.98 Å². The first-order valence-electron chi connectivity index (χ1n) is 6.50. The number of aromatic nitrogens is 1. The van der Waals surface area contributed by atoms with E-state index in [1.165, 1.54) is 12.1 Å². The van der Waals surface area contributed by atoms with E-state index in [0.717, 1.165) is 0 Å². The van der Waals surface area contributed by atoms with Gasteiger partial charge in [0.05, 0.1) is 6.04 Å². The SMILES string of the molecule is C[C@H](N)C(=O)Nc1ccc(/N=N/c2ccccc2O)c(N)n1. The minimum atomic E-state index is -0.650. The summed E-state index contributed by atoms with van der Waals surface area (Å²) in [5.74, 6) is 0.0250. The minimum absolute atomic E-state index is 0.0126. The summed E-state index contributed by atoms with van der Waals surface area (Å²) in [6.07, 6.45) is 0. The van der Waals surface area contributed by atoms with Crippen LogP contribution in [0.5, 0.6) is 5.75 Å². The van der Waals surface area contributed by atoms with E-state index in [-0.39, 0.29) is 23.3 Å². The van der Waals surface area contributed by atoms with E-state index in [1.807, 2.05) is 0 Å². The Morgan fingerprint density at radius 1 is 1.23 bits per heavy atom. The van der Waals surface area contributed by atoms with Crippen LogP contribution in [0, 0.1) is 0 Å².